The zero-order valence-electron chi connectivity index (χ0n) is 10.1. The predicted octanol–water partition coefficient (Wildman–Crippen LogP) is 2.89. The standard InChI is InChI=1S/C12H10ClNO3S2/c1-14-11(16)9(19-12(14)18)5-6-3-7(13)10(15)8(4-6)17-2/h3-5,15H,1-2H3/b9-5-. The number of phenolic OH excluding ortho intramolecular Hbond substituents is 1. The number of rotatable bonds is 2. The van der Waals surface area contributed by atoms with E-state index in [0.717, 1.165) is 0 Å². The minimum atomic E-state index is -0.154. The number of ether oxygens (including phenoxy) is 1. The van der Waals surface area contributed by atoms with Crippen LogP contribution in [0.4, 0.5) is 0 Å². The van der Waals surface area contributed by atoms with Crippen molar-refractivity contribution in [3.63, 3.8) is 0 Å². The van der Waals surface area contributed by atoms with Crippen molar-refractivity contribution in [3.8, 4) is 11.5 Å². The molecule has 0 aromatic heterocycles. The van der Waals surface area contributed by atoms with Crippen LogP contribution in [0.1, 0.15) is 5.56 Å². The molecular formula is C12H10ClNO3S2. The van der Waals surface area contributed by atoms with Crippen LogP contribution in [-0.2, 0) is 4.79 Å². The fraction of sp³-hybridized carbons (Fsp3) is 0.167. The van der Waals surface area contributed by atoms with Gasteiger partial charge in [0.15, 0.2) is 11.5 Å². The fourth-order valence-corrected chi connectivity index (χ4v) is 2.93. The lowest BCUT2D eigenvalue weighted by atomic mass is 10.2. The van der Waals surface area contributed by atoms with Gasteiger partial charge in [-0.2, -0.15) is 0 Å². The van der Waals surface area contributed by atoms with E-state index in [1.165, 1.54) is 23.8 Å². The molecule has 0 radical (unpaired) electrons. The summed E-state index contributed by atoms with van der Waals surface area (Å²) in [4.78, 5) is 13.8. The van der Waals surface area contributed by atoms with Gasteiger partial charge in [-0.3, -0.25) is 9.69 Å². The Labute approximate surface area is 125 Å². The number of carbonyl (C=O) groups is 1. The van der Waals surface area contributed by atoms with Gasteiger partial charge in [-0.1, -0.05) is 35.6 Å². The van der Waals surface area contributed by atoms with Gasteiger partial charge in [-0.25, -0.2) is 0 Å². The number of benzene rings is 1. The number of methoxy groups -OCH3 is 1. The van der Waals surface area contributed by atoms with Crippen LogP contribution in [0, 0.1) is 0 Å². The Balaban J connectivity index is 2.42. The van der Waals surface area contributed by atoms with Gasteiger partial charge in [-0.05, 0) is 23.8 Å². The normalized spacial score (nSPS) is 17.4. The van der Waals surface area contributed by atoms with Crippen LogP contribution >= 0.6 is 35.6 Å². The molecule has 0 unspecified atom stereocenters. The highest BCUT2D eigenvalue weighted by Gasteiger charge is 2.28. The predicted molar refractivity (Wildman–Crippen MR) is 80.6 cm³/mol. The summed E-state index contributed by atoms with van der Waals surface area (Å²) in [6.07, 6.45) is 1.66. The van der Waals surface area contributed by atoms with E-state index < -0.39 is 0 Å². The van der Waals surface area contributed by atoms with E-state index in [1.807, 2.05) is 0 Å². The number of nitrogens with zero attached hydrogens (tertiary/aromatic N) is 1. The summed E-state index contributed by atoms with van der Waals surface area (Å²) >= 11 is 12.2. The molecule has 1 aromatic rings. The highest BCUT2D eigenvalue weighted by atomic mass is 35.5. The average molecular weight is 316 g/mol. The fourth-order valence-electron chi connectivity index (χ4n) is 1.53. The Morgan fingerprint density at radius 2 is 2.21 bits per heavy atom. The zero-order chi connectivity index (χ0) is 14.2. The second-order valence-corrected chi connectivity index (χ2v) is 5.88. The molecule has 100 valence electrons. The number of thiocarbonyl (C=S) groups is 1. The van der Waals surface area contributed by atoms with E-state index in [1.54, 1.807) is 25.3 Å². The van der Waals surface area contributed by atoms with E-state index in [-0.39, 0.29) is 22.4 Å². The van der Waals surface area contributed by atoms with Gasteiger partial charge < -0.3 is 9.84 Å². The Bertz CT molecular complexity index is 601. The van der Waals surface area contributed by atoms with Crippen molar-refractivity contribution in [3.05, 3.63) is 27.6 Å². The molecule has 1 aliphatic rings. The van der Waals surface area contributed by atoms with Gasteiger partial charge in [-0.15, -0.1) is 0 Å². The molecule has 1 aliphatic heterocycles. The van der Waals surface area contributed by atoms with Gasteiger partial charge >= 0.3 is 0 Å². The van der Waals surface area contributed by atoms with Crippen LogP contribution in [0.25, 0.3) is 6.08 Å². The first-order valence-corrected chi connectivity index (χ1v) is 6.82. The Morgan fingerprint density at radius 1 is 1.53 bits per heavy atom. The van der Waals surface area contributed by atoms with Crippen LogP contribution in [0.3, 0.4) is 0 Å². The van der Waals surface area contributed by atoms with Crippen LogP contribution in [0.2, 0.25) is 5.02 Å². The zero-order valence-corrected chi connectivity index (χ0v) is 12.5. The first-order valence-electron chi connectivity index (χ1n) is 5.22. The molecule has 1 fully saturated rings. The highest BCUT2D eigenvalue weighted by molar-refractivity contribution is 8.26. The molecule has 1 heterocycles. The third kappa shape index (κ3) is 2.70. The molecule has 4 nitrogen and oxygen atoms in total. The summed E-state index contributed by atoms with van der Waals surface area (Å²) in [5.74, 6) is -0.0201. The second-order valence-electron chi connectivity index (χ2n) is 3.79. The highest BCUT2D eigenvalue weighted by Crippen LogP contribution is 2.37. The van der Waals surface area contributed by atoms with Gasteiger partial charge in [0.2, 0.25) is 0 Å². The molecule has 1 aromatic carbocycles. The molecule has 0 saturated carbocycles. The van der Waals surface area contributed by atoms with Crippen molar-refractivity contribution in [2.24, 2.45) is 0 Å². The van der Waals surface area contributed by atoms with Crippen molar-refractivity contribution in [2.75, 3.05) is 14.2 Å². The number of hydrogen-bond donors (Lipinski definition) is 1. The van der Waals surface area contributed by atoms with Crippen LogP contribution in [-0.4, -0.2) is 34.4 Å². The number of amides is 1. The van der Waals surface area contributed by atoms with Gasteiger partial charge in [0, 0.05) is 7.05 Å². The number of thioether (sulfide) groups is 1. The lowest BCUT2D eigenvalue weighted by Gasteiger charge is -2.06. The maximum absolute atomic E-state index is 11.9. The van der Waals surface area contributed by atoms with Crippen LogP contribution < -0.4 is 4.74 Å². The van der Waals surface area contributed by atoms with Gasteiger partial charge in [0.05, 0.1) is 17.0 Å². The number of hydrogen-bond acceptors (Lipinski definition) is 5. The number of phenols is 1. The third-order valence-corrected chi connectivity index (χ3v) is 4.33. The van der Waals surface area contributed by atoms with Crippen LogP contribution in [0.15, 0.2) is 17.0 Å². The number of carbonyl (C=O) groups excluding carboxylic acids is 1. The second kappa shape index (κ2) is 5.40. The monoisotopic (exact) mass is 315 g/mol. The molecular weight excluding hydrogens is 306 g/mol. The van der Waals surface area contributed by atoms with E-state index in [9.17, 15) is 9.90 Å². The average Bonchev–Trinajstić information content (AvgIpc) is 2.61. The molecule has 0 bridgehead atoms. The molecule has 1 saturated heterocycles. The molecule has 0 aliphatic carbocycles. The summed E-state index contributed by atoms with van der Waals surface area (Å²) in [7, 11) is 3.06. The third-order valence-electron chi connectivity index (χ3n) is 2.55. The minimum absolute atomic E-state index is 0.121. The van der Waals surface area contributed by atoms with Crippen molar-refractivity contribution in [2.45, 2.75) is 0 Å². The Hall–Kier alpha value is -1.24. The molecule has 1 N–H and O–H groups in total. The van der Waals surface area contributed by atoms with E-state index >= 15 is 0 Å². The maximum atomic E-state index is 11.9. The van der Waals surface area contributed by atoms with Crippen molar-refractivity contribution >= 4 is 51.9 Å². The molecule has 19 heavy (non-hydrogen) atoms. The quantitative estimate of drug-likeness (QED) is 0.672. The summed E-state index contributed by atoms with van der Waals surface area (Å²) in [6.45, 7) is 0. The van der Waals surface area contributed by atoms with Gasteiger partial charge in [0.1, 0.15) is 4.32 Å². The van der Waals surface area contributed by atoms with Gasteiger partial charge in [0.25, 0.3) is 5.91 Å². The summed E-state index contributed by atoms with van der Waals surface area (Å²) in [5, 5.41) is 9.80. The topological polar surface area (TPSA) is 49.8 Å². The molecule has 2 rings (SSSR count). The van der Waals surface area contributed by atoms with E-state index in [0.29, 0.717) is 14.8 Å². The molecule has 0 atom stereocenters. The largest absolute Gasteiger partial charge is 0.503 e. The maximum Gasteiger partial charge on any atom is 0.265 e. The molecule has 7 heteroatoms. The Kier molecular flexibility index (Phi) is 4.03. The van der Waals surface area contributed by atoms with Crippen LogP contribution in [0.5, 0.6) is 11.5 Å². The summed E-state index contributed by atoms with van der Waals surface area (Å²) < 4.78 is 5.52. The number of aromatic hydroxyl groups is 1. The van der Waals surface area contributed by atoms with E-state index in [4.69, 9.17) is 28.6 Å². The summed E-state index contributed by atoms with van der Waals surface area (Å²) in [5.41, 5.74) is 0.661. The Morgan fingerprint density at radius 3 is 2.74 bits per heavy atom. The lowest BCUT2D eigenvalue weighted by Crippen LogP contribution is -2.22. The number of halogens is 1. The minimum Gasteiger partial charge on any atom is -0.503 e. The first kappa shape index (κ1) is 14.2. The van der Waals surface area contributed by atoms with Crippen molar-refractivity contribution < 1.29 is 14.6 Å². The SMILES string of the molecule is COc1cc(/C=C2\SC(=S)N(C)C2=O)cc(Cl)c1O. The van der Waals surface area contributed by atoms with Crippen molar-refractivity contribution in [1.82, 2.24) is 4.90 Å². The van der Waals surface area contributed by atoms with Crippen molar-refractivity contribution in [1.29, 1.82) is 0 Å². The smallest absolute Gasteiger partial charge is 0.265 e. The summed E-state index contributed by atoms with van der Waals surface area (Å²) in [6, 6.07) is 3.16. The molecule has 1 amide bonds. The lowest BCUT2D eigenvalue weighted by molar-refractivity contribution is -0.121. The molecule has 0 spiro atoms. The number of likely N-dealkylation sites (N-methyl/N-ethyl adjacent to an activating group) is 1. The first-order chi connectivity index (χ1) is 8.93. The van der Waals surface area contributed by atoms with E-state index in [2.05, 4.69) is 0 Å².